The maximum atomic E-state index is 13.5. The summed E-state index contributed by atoms with van der Waals surface area (Å²) >= 11 is 0. The molecular weight excluding hydrogens is 717 g/mol. The summed E-state index contributed by atoms with van der Waals surface area (Å²) in [5.74, 6) is 0.282. The molecule has 1 unspecified atom stereocenters. The van der Waals surface area contributed by atoms with Crippen LogP contribution in [0, 0.1) is 0 Å². The zero-order chi connectivity index (χ0) is 38.7. The molecule has 6 N–H and O–H groups in total. The van der Waals surface area contributed by atoms with Crippen molar-refractivity contribution < 1.29 is 33.0 Å². The fourth-order valence-electron chi connectivity index (χ4n) is 6.89. The largest absolute Gasteiger partial charge is 0.508 e. The Morgan fingerprint density at radius 1 is 0.855 bits per heavy atom. The monoisotopic (exact) mass is 756 g/mol. The number of aromatic hydroxyl groups is 2. The second-order valence-corrected chi connectivity index (χ2v) is 13.3. The zero-order valence-corrected chi connectivity index (χ0v) is 29.8. The number of phenolic OH excluding ortho intramolecular Hbond substituents is 2. The molecule has 6 heterocycles. The zero-order valence-electron chi connectivity index (χ0n) is 29.8. The van der Waals surface area contributed by atoms with E-state index in [4.69, 9.17) is 0 Å². The van der Waals surface area contributed by atoms with E-state index in [1.807, 2.05) is 11.0 Å². The Morgan fingerprint density at radius 3 is 2.05 bits per heavy atom. The molecule has 2 fully saturated rings. The Labute approximate surface area is 312 Å². The second kappa shape index (κ2) is 15.7. The number of nitrogens with zero attached hydrogens (tertiary/aromatic N) is 6. The summed E-state index contributed by atoms with van der Waals surface area (Å²) in [5.41, 5.74) is 4.05. The molecule has 1 atom stereocenters. The third kappa shape index (κ3) is 7.93. The number of aromatic amines is 2. The van der Waals surface area contributed by atoms with Gasteiger partial charge in [0.1, 0.15) is 17.2 Å². The number of aromatic nitrogens is 6. The van der Waals surface area contributed by atoms with Gasteiger partial charge in [-0.05, 0) is 72.6 Å². The van der Waals surface area contributed by atoms with Crippen molar-refractivity contribution in [3.63, 3.8) is 0 Å². The SMILES string of the molecule is CCCc1[nH]nc2nc(-c3ccc(O)cc3)cc(C(=O)N3CCNCC3)c12.O=CN1CCNC(c2cc(-c3ccc(O)cc3)nc3n[nH]c(C(F)(F)F)c23)C1. The van der Waals surface area contributed by atoms with Gasteiger partial charge in [0.2, 0.25) is 6.41 Å². The Hall–Kier alpha value is -6.07. The maximum Gasteiger partial charge on any atom is 0.433 e. The summed E-state index contributed by atoms with van der Waals surface area (Å²) in [6.45, 7) is 6.27. The number of hydrogen-bond donors (Lipinski definition) is 6. The summed E-state index contributed by atoms with van der Waals surface area (Å²) in [7, 11) is 0. The molecule has 0 radical (unpaired) electrons. The van der Waals surface area contributed by atoms with E-state index >= 15 is 0 Å². The van der Waals surface area contributed by atoms with E-state index in [0.717, 1.165) is 42.6 Å². The predicted molar refractivity (Wildman–Crippen MR) is 198 cm³/mol. The molecule has 2 aliphatic rings. The quantitative estimate of drug-likeness (QED) is 0.124. The molecule has 8 rings (SSSR count). The lowest BCUT2D eigenvalue weighted by Gasteiger charge is -2.32. The number of amides is 2. The van der Waals surface area contributed by atoms with Crippen LogP contribution in [0.5, 0.6) is 11.5 Å². The van der Waals surface area contributed by atoms with Crippen LogP contribution >= 0.6 is 0 Å². The van der Waals surface area contributed by atoms with Crippen LogP contribution in [-0.4, -0.2) is 109 Å². The number of piperazine rings is 2. The van der Waals surface area contributed by atoms with E-state index in [0.29, 0.717) is 66.3 Å². The molecule has 2 aromatic carbocycles. The third-order valence-electron chi connectivity index (χ3n) is 9.63. The number of benzene rings is 2. The van der Waals surface area contributed by atoms with Crippen LogP contribution in [0.2, 0.25) is 0 Å². The number of pyridine rings is 2. The van der Waals surface area contributed by atoms with E-state index in [2.05, 4.69) is 47.9 Å². The second-order valence-electron chi connectivity index (χ2n) is 13.3. The lowest BCUT2D eigenvalue weighted by Crippen LogP contribution is -2.46. The van der Waals surface area contributed by atoms with Gasteiger partial charge in [-0.2, -0.15) is 23.4 Å². The lowest BCUT2D eigenvalue weighted by molar-refractivity contribution is -0.140. The smallest absolute Gasteiger partial charge is 0.433 e. The molecule has 0 aliphatic carbocycles. The van der Waals surface area contributed by atoms with Crippen LogP contribution in [0.25, 0.3) is 44.6 Å². The van der Waals surface area contributed by atoms with Crippen molar-refractivity contribution in [1.82, 2.24) is 50.8 Å². The number of carbonyl (C=O) groups excluding carboxylic acids is 2. The number of hydrogen-bond acceptors (Lipinski definition) is 10. The minimum atomic E-state index is -4.62. The number of halogens is 3. The minimum Gasteiger partial charge on any atom is -0.508 e. The molecule has 0 bridgehead atoms. The van der Waals surface area contributed by atoms with Gasteiger partial charge < -0.3 is 30.6 Å². The van der Waals surface area contributed by atoms with Gasteiger partial charge in [-0.3, -0.25) is 19.8 Å². The highest BCUT2D eigenvalue weighted by Gasteiger charge is 2.38. The van der Waals surface area contributed by atoms with E-state index < -0.39 is 17.9 Å². The van der Waals surface area contributed by atoms with Crippen molar-refractivity contribution in [2.45, 2.75) is 32.0 Å². The number of aryl methyl sites for hydroxylation is 1. The van der Waals surface area contributed by atoms with Crippen LogP contribution in [0.4, 0.5) is 13.2 Å². The first-order valence-corrected chi connectivity index (χ1v) is 17.9. The van der Waals surface area contributed by atoms with Gasteiger partial charge in [0.25, 0.3) is 5.91 Å². The molecular formula is C38H39F3N10O4. The van der Waals surface area contributed by atoms with E-state index in [-0.39, 0.29) is 35.0 Å². The molecule has 2 amide bonds. The summed E-state index contributed by atoms with van der Waals surface area (Å²) in [6.07, 6.45) is -2.16. The van der Waals surface area contributed by atoms with Crippen molar-refractivity contribution >= 4 is 34.4 Å². The van der Waals surface area contributed by atoms with Crippen molar-refractivity contribution in [1.29, 1.82) is 0 Å². The Balaban J connectivity index is 0.000000169. The van der Waals surface area contributed by atoms with Gasteiger partial charge in [0.05, 0.1) is 33.8 Å². The highest BCUT2D eigenvalue weighted by atomic mass is 19.4. The van der Waals surface area contributed by atoms with Crippen LogP contribution in [0.3, 0.4) is 0 Å². The number of fused-ring (bicyclic) bond motifs is 2. The maximum absolute atomic E-state index is 13.5. The fraction of sp³-hybridized carbons (Fsp3) is 0.316. The number of carbonyl (C=O) groups is 2. The predicted octanol–water partition coefficient (Wildman–Crippen LogP) is 4.78. The Morgan fingerprint density at radius 2 is 1.45 bits per heavy atom. The molecule has 2 saturated heterocycles. The first kappa shape index (κ1) is 37.3. The van der Waals surface area contributed by atoms with Crippen molar-refractivity contribution in [2.24, 2.45) is 0 Å². The van der Waals surface area contributed by atoms with E-state index in [1.165, 1.54) is 17.0 Å². The first-order chi connectivity index (χ1) is 26.5. The fourth-order valence-corrected chi connectivity index (χ4v) is 6.89. The summed E-state index contributed by atoms with van der Waals surface area (Å²) in [6, 6.07) is 15.9. The molecule has 286 valence electrons. The highest BCUT2D eigenvalue weighted by molar-refractivity contribution is 6.07. The summed E-state index contributed by atoms with van der Waals surface area (Å²) in [4.78, 5) is 36.8. The molecule has 0 saturated carbocycles. The normalized spacial score (nSPS) is 16.3. The Kier molecular flexibility index (Phi) is 10.7. The molecule has 2 aliphatic heterocycles. The van der Waals surface area contributed by atoms with Gasteiger partial charge >= 0.3 is 6.18 Å². The van der Waals surface area contributed by atoms with Gasteiger partial charge in [-0.25, -0.2) is 9.97 Å². The number of nitrogens with one attached hydrogen (secondary N) is 4. The average Bonchev–Trinajstić information content (AvgIpc) is 3.83. The molecule has 0 spiro atoms. The Bertz CT molecular complexity index is 2300. The van der Waals surface area contributed by atoms with E-state index in [1.54, 1.807) is 42.5 Å². The van der Waals surface area contributed by atoms with Crippen LogP contribution < -0.4 is 10.6 Å². The summed E-state index contributed by atoms with van der Waals surface area (Å²) < 4.78 is 40.5. The van der Waals surface area contributed by atoms with Crippen LogP contribution in [0.1, 0.15) is 46.7 Å². The van der Waals surface area contributed by atoms with Gasteiger partial charge in [-0.1, -0.05) is 13.3 Å². The van der Waals surface area contributed by atoms with Gasteiger partial charge in [0, 0.05) is 62.6 Å². The number of rotatable bonds is 7. The topological polar surface area (TPSA) is 188 Å². The van der Waals surface area contributed by atoms with Gasteiger partial charge in [-0.15, -0.1) is 0 Å². The van der Waals surface area contributed by atoms with E-state index in [9.17, 15) is 33.0 Å². The standard InChI is InChI=1S/C20H23N5O2.C18H16F3N5O2/c1-2-3-16-18-15(20(27)25-10-8-21-9-11-25)12-17(22-19(18)24-23-16)13-4-6-14(26)7-5-13;19-18(20,21)16-15-12(14-8-26(9-27)6-5-22-14)7-13(23-17(15)25-24-16)10-1-3-11(28)4-2-10/h4-7,12,21,26H,2-3,8-11H2,1H3,(H,22,23,24);1-4,7,9,14,22,28H,5-6,8H2,(H,23,24,25). The molecule has 4 aromatic heterocycles. The summed E-state index contributed by atoms with van der Waals surface area (Å²) in [5, 5.41) is 39.4. The van der Waals surface area contributed by atoms with Crippen molar-refractivity contribution in [3.05, 3.63) is 83.2 Å². The molecule has 6 aromatic rings. The number of H-pyrrole nitrogens is 2. The number of phenols is 2. The highest BCUT2D eigenvalue weighted by Crippen LogP contribution is 2.38. The van der Waals surface area contributed by atoms with Crippen LogP contribution in [0.15, 0.2) is 60.7 Å². The molecule has 14 nitrogen and oxygen atoms in total. The third-order valence-corrected chi connectivity index (χ3v) is 9.63. The molecule has 55 heavy (non-hydrogen) atoms. The molecule has 17 heteroatoms. The number of alkyl halides is 3. The van der Waals surface area contributed by atoms with Crippen LogP contribution in [-0.2, 0) is 17.4 Å². The average molecular weight is 757 g/mol. The first-order valence-electron chi connectivity index (χ1n) is 17.9. The lowest BCUT2D eigenvalue weighted by atomic mass is 9.98. The minimum absolute atomic E-state index is 0.0164. The van der Waals surface area contributed by atoms with Gasteiger partial charge in [0.15, 0.2) is 11.3 Å². The van der Waals surface area contributed by atoms with Crippen molar-refractivity contribution in [2.75, 3.05) is 45.8 Å². The van der Waals surface area contributed by atoms with Crippen molar-refractivity contribution in [3.8, 4) is 34.0 Å².